The number of ketones is 1. The third-order valence-corrected chi connectivity index (χ3v) is 6.13. The maximum absolute atomic E-state index is 14.3. The lowest BCUT2D eigenvalue weighted by Gasteiger charge is -2.37. The molecule has 33 heavy (non-hydrogen) atoms. The van der Waals surface area contributed by atoms with Gasteiger partial charge in [-0.1, -0.05) is 25.1 Å². The van der Waals surface area contributed by atoms with Gasteiger partial charge in [-0.25, -0.2) is 9.37 Å². The third kappa shape index (κ3) is 4.24. The fourth-order valence-electron chi connectivity index (χ4n) is 4.66. The standard InChI is InChI=1S/C26H25FN4O2/c1-16-10-18(28)14-31(13-16)23-8-9-29-12-17(23)11-24(32)22-6-7-25-26(30-22)20(15-33-25)19-4-2-3-5-21(19)27/h2-9,12,15-16,18H,10-11,13-14,28H2,1H3/t16-,18+/m1/s1. The van der Waals surface area contributed by atoms with Crippen molar-refractivity contribution in [1.29, 1.82) is 0 Å². The number of halogens is 1. The van der Waals surface area contributed by atoms with Crippen molar-refractivity contribution >= 4 is 22.6 Å². The van der Waals surface area contributed by atoms with Crippen molar-refractivity contribution < 1.29 is 13.6 Å². The highest BCUT2D eigenvalue weighted by Gasteiger charge is 2.25. The van der Waals surface area contributed by atoms with Gasteiger partial charge in [0.2, 0.25) is 0 Å². The highest BCUT2D eigenvalue weighted by molar-refractivity contribution is 6.00. The lowest BCUT2D eigenvalue weighted by Crippen LogP contribution is -2.46. The van der Waals surface area contributed by atoms with Crippen molar-refractivity contribution in [1.82, 2.24) is 9.97 Å². The monoisotopic (exact) mass is 444 g/mol. The van der Waals surface area contributed by atoms with Crippen molar-refractivity contribution in [2.75, 3.05) is 18.0 Å². The number of aromatic nitrogens is 2. The maximum atomic E-state index is 14.3. The predicted octanol–water partition coefficient (Wildman–Crippen LogP) is 4.63. The topological polar surface area (TPSA) is 85.2 Å². The molecule has 0 aliphatic carbocycles. The number of anilines is 1. The average Bonchev–Trinajstić information content (AvgIpc) is 3.22. The normalized spacial score (nSPS) is 18.6. The molecule has 2 atom stereocenters. The number of carbonyl (C=O) groups is 1. The quantitative estimate of drug-likeness (QED) is 0.452. The smallest absolute Gasteiger partial charge is 0.185 e. The number of hydrogen-bond acceptors (Lipinski definition) is 6. The van der Waals surface area contributed by atoms with Gasteiger partial charge in [-0.3, -0.25) is 9.78 Å². The molecule has 0 spiro atoms. The number of benzene rings is 1. The van der Waals surface area contributed by atoms with Gasteiger partial charge in [-0.05, 0) is 36.6 Å². The van der Waals surface area contributed by atoms with Gasteiger partial charge in [-0.2, -0.15) is 0 Å². The minimum absolute atomic E-state index is 0.104. The summed E-state index contributed by atoms with van der Waals surface area (Å²) in [6.45, 7) is 3.83. The Morgan fingerprint density at radius 1 is 1.18 bits per heavy atom. The Morgan fingerprint density at radius 3 is 2.85 bits per heavy atom. The molecule has 0 bridgehead atoms. The van der Waals surface area contributed by atoms with E-state index in [0.29, 0.717) is 33.8 Å². The van der Waals surface area contributed by atoms with E-state index < -0.39 is 0 Å². The van der Waals surface area contributed by atoms with Crippen molar-refractivity contribution in [3.05, 3.63) is 78.2 Å². The van der Waals surface area contributed by atoms with E-state index in [1.807, 2.05) is 6.07 Å². The molecule has 6 nitrogen and oxygen atoms in total. The summed E-state index contributed by atoms with van der Waals surface area (Å²) in [6, 6.07) is 11.8. The lowest BCUT2D eigenvalue weighted by molar-refractivity contribution is 0.0988. The molecule has 0 radical (unpaired) electrons. The molecule has 1 aliphatic rings. The number of Topliss-reactive ketones (excluding diaryl/α,β-unsaturated/α-hetero) is 1. The fraction of sp³-hybridized carbons (Fsp3) is 0.269. The number of rotatable bonds is 5. The Labute approximate surface area is 191 Å². The van der Waals surface area contributed by atoms with E-state index >= 15 is 0 Å². The Morgan fingerprint density at radius 2 is 2.03 bits per heavy atom. The van der Waals surface area contributed by atoms with Gasteiger partial charge in [0.1, 0.15) is 23.3 Å². The number of piperidine rings is 1. The van der Waals surface area contributed by atoms with Crippen LogP contribution in [0.5, 0.6) is 0 Å². The average molecular weight is 445 g/mol. The first kappa shape index (κ1) is 21.3. The molecule has 0 saturated carbocycles. The number of fused-ring (bicyclic) bond motifs is 1. The number of hydrogen-bond donors (Lipinski definition) is 1. The maximum Gasteiger partial charge on any atom is 0.185 e. The van der Waals surface area contributed by atoms with Gasteiger partial charge in [0.25, 0.3) is 0 Å². The van der Waals surface area contributed by atoms with Gasteiger partial charge in [0.05, 0.1) is 0 Å². The molecule has 1 aliphatic heterocycles. The van der Waals surface area contributed by atoms with Gasteiger partial charge in [-0.15, -0.1) is 0 Å². The van der Waals surface area contributed by atoms with E-state index in [-0.39, 0.29) is 24.1 Å². The van der Waals surface area contributed by atoms with Crippen LogP contribution in [0.25, 0.3) is 22.2 Å². The summed E-state index contributed by atoms with van der Waals surface area (Å²) in [6.07, 6.45) is 6.11. The first-order chi connectivity index (χ1) is 16.0. The number of carbonyl (C=O) groups excluding carboxylic acids is 1. The summed E-state index contributed by atoms with van der Waals surface area (Å²) in [7, 11) is 0. The highest BCUT2D eigenvalue weighted by atomic mass is 19.1. The van der Waals surface area contributed by atoms with Crippen LogP contribution in [0, 0.1) is 11.7 Å². The van der Waals surface area contributed by atoms with E-state index in [1.165, 1.54) is 12.3 Å². The second kappa shape index (κ2) is 8.75. The molecular formula is C26H25FN4O2. The summed E-state index contributed by atoms with van der Waals surface area (Å²) >= 11 is 0. The van der Waals surface area contributed by atoms with E-state index in [2.05, 4.69) is 21.8 Å². The molecule has 1 saturated heterocycles. The van der Waals surface area contributed by atoms with E-state index in [0.717, 1.165) is 30.8 Å². The van der Waals surface area contributed by atoms with Crippen LogP contribution in [-0.4, -0.2) is 34.9 Å². The molecule has 3 aromatic heterocycles. The summed E-state index contributed by atoms with van der Waals surface area (Å²) in [5, 5.41) is 0. The van der Waals surface area contributed by atoms with Crippen LogP contribution in [-0.2, 0) is 6.42 Å². The molecule has 2 N–H and O–H groups in total. The molecule has 0 amide bonds. The van der Waals surface area contributed by atoms with Crippen LogP contribution in [0.4, 0.5) is 10.1 Å². The Balaban J connectivity index is 1.45. The fourth-order valence-corrected chi connectivity index (χ4v) is 4.66. The summed E-state index contributed by atoms with van der Waals surface area (Å²) in [4.78, 5) is 24.3. The van der Waals surface area contributed by atoms with Crippen molar-refractivity contribution in [3.63, 3.8) is 0 Å². The Bertz CT molecular complexity index is 1310. The van der Waals surface area contributed by atoms with Crippen molar-refractivity contribution in [2.45, 2.75) is 25.8 Å². The van der Waals surface area contributed by atoms with Crippen LogP contribution >= 0.6 is 0 Å². The summed E-state index contributed by atoms with van der Waals surface area (Å²) < 4.78 is 19.9. The predicted molar refractivity (Wildman–Crippen MR) is 126 cm³/mol. The molecule has 1 aromatic carbocycles. The molecule has 4 aromatic rings. The van der Waals surface area contributed by atoms with Crippen molar-refractivity contribution in [2.24, 2.45) is 11.7 Å². The number of furan rings is 1. The Hall–Kier alpha value is -3.58. The molecule has 5 rings (SSSR count). The van der Waals surface area contributed by atoms with Crippen LogP contribution in [0.2, 0.25) is 0 Å². The van der Waals surface area contributed by atoms with Crippen molar-refractivity contribution in [3.8, 4) is 11.1 Å². The second-order valence-electron chi connectivity index (χ2n) is 8.78. The number of nitrogens with two attached hydrogens (primary N) is 1. The van der Waals surface area contributed by atoms with E-state index in [4.69, 9.17) is 10.2 Å². The largest absolute Gasteiger partial charge is 0.462 e. The van der Waals surface area contributed by atoms with Crippen LogP contribution in [0.3, 0.4) is 0 Å². The zero-order valence-electron chi connectivity index (χ0n) is 18.4. The van der Waals surface area contributed by atoms with Crippen LogP contribution < -0.4 is 10.6 Å². The van der Waals surface area contributed by atoms with Gasteiger partial charge < -0.3 is 15.1 Å². The number of nitrogens with zero attached hydrogens (tertiary/aromatic N) is 3. The first-order valence-electron chi connectivity index (χ1n) is 11.1. The van der Waals surface area contributed by atoms with Crippen LogP contribution in [0.1, 0.15) is 29.4 Å². The molecule has 1 fully saturated rings. The minimum atomic E-state index is -0.368. The van der Waals surface area contributed by atoms with Gasteiger partial charge in [0.15, 0.2) is 11.4 Å². The molecular weight excluding hydrogens is 419 g/mol. The second-order valence-corrected chi connectivity index (χ2v) is 8.78. The molecule has 7 heteroatoms. The van der Waals surface area contributed by atoms with E-state index in [9.17, 15) is 9.18 Å². The van der Waals surface area contributed by atoms with E-state index in [1.54, 1.807) is 42.7 Å². The van der Waals surface area contributed by atoms with Gasteiger partial charge in [0, 0.05) is 60.3 Å². The minimum Gasteiger partial charge on any atom is -0.462 e. The lowest BCUT2D eigenvalue weighted by atomic mass is 9.95. The molecule has 4 heterocycles. The summed E-state index contributed by atoms with van der Waals surface area (Å²) in [5.74, 6) is -0.0266. The third-order valence-electron chi connectivity index (χ3n) is 6.13. The zero-order valence-corrected chi connectivity index (χ0v) is 18.4. The Kier molecular flexibility index (Phi) is 5.64. The summed E-state index contributed by atoms with van der Waals surface area (Å²) in [5.41, 5.74) is 10.3. The molecule has 0 unspecified atom stereocenters. The van der Waals surface area contributed by atoms with Crippen LogP contribution in [0.15, 0.2) is 65.5 Å². The molecule has 168 valence electrons. The first-order valence-corrected chi connectivity index (χ1v) is 11.1. The SMILES string of the molecule is C[C@@H]1C[C@H](N)CN(c2ccncc2CC(=O)c2ccc3occ(-c4ccccc4F)c3n2)C1. The zero-order chi connectivity index (χ0) is 22.9. The highest BCUT2D eigenvalue weighted by Crippen LogP contribution is 2.32. The number of pyridine rings is 2. The van der Waals surface area contributed by atoms with Gasteiger partial charge >= 0.3 is 0 Å².